The van der Waals surface area contributed by atoms with Crippen molar-refractivity contribution >= 4 is 11.3 Å². The Kier molecular flexibility index (Phi) is 4.95. The summed E-state index contributed by atoms with van der Waals surface area (Å²) < 4.78 is 0. The third-order valence-corrected chi connectivity index (χ3v) is 4.67. The van der Waals surface area contributed by atoms with E-state index in [1.165, 1.54) is 4.88 Å². The first-order chi connectivity index (χ1) is 9.49. The zero-order chi connectivity index (χ0) is 14.7. The Hall–Kier alpha value is -1.19. The Morgan fingerprint density at radius 1 is 1.10 bits per heavy atom. The monoisotopic (exact) mass is 289 g/mol. The highest BCUT2D eigenvalue weighted by molar-refractivity contribution is 7.12. The molecule has 2 nitrogen and oxygen atoms in total. The van der Waals surface area contributed by atoms with Crippen molar-refractivity contribution in [3.8, 4) is 0 Å². The fraction of sp³-hybridized carbons (Fsp3) is 0.471. The second-order valence-electron chi connectivity index (χ2n) is 5.93. The summed E-state index contributed by atoms with van der Waals surface area (Å²) in [6.45, 7) is 8.79. The molecule has 0 amide bonds. The number of hydrogen-bond acceptors (Lipinski definition) is 3. The van der Waals surface area contributed by atoms with Gasteiger partial charge < -0.3 is 5.11 Å². The van der Waals surface area contributed by atoms with E-state index in [9.17, 15) is 5.11 Å². The van der Waals surface area contributed by atoms with Crippen LogP contribution in [0.15, 0.2) is 30.3 Å². The van der Waals surface area contributed by atoms with Crippen LogP contribution in [-0.2, 0) is 6.42 Å². The van der Waals surface area contributed by atoms with Gasteiger partial charge in [-0.3, -0.25) is 0 Å². The first-order valence-electron chi connectivity index (χ1n) is 7.21. The standard InChI is InChI=1S/C17H23NOS/c1-11(2)10-14-16(12(3)4)20-17(18-14)15(19)13-8-6-5-7-9-13/h5-9,11-12,15,19H,10H2,1-4H3. The number of aliphatic hydroxyl groups is 1. The van der Waals surface area contributed by atoms with E-state index in [0.29, 0.717) is 11.8 Å². The Bertz CT molecular complexity index is 545. The summed E-state index contributed by atoms with van der Waals surface area (Å²) in [5.74, 6) is 1.04. The van der Waals surface area contributed by atoms with Gasteiger partial charge >= 0.3 is 0 Å². The minimum absolute atomic E-state index is 0.456. The zero-order valence-electron chi connectivity index (χ0n) is 12.6. The largest absolute Gasteiger partial charge is 0.381 e. The summed E-state index contributed by atoms with van der Waals surface area (Å²) >= 11 is 1.65. The highest BCUT2D eigenvalue weighted by Crippen LogP contribution is 2.33. The van der Waals surface area contributed by atoms with Crippen LogP contribution in [-0.4, -0.2) is 10.1 Å². The molecular formula is C17H23NOS. The molecule has 108 valence electrons. The maximum Gasteiger partial charge on any atom is 0.131 e. The van der Waals surface area contributed by atoms with Gasteiger partial charge in [0.15, 0.2) is 0 Å². The van der Waals surface area contributed by atoms with Crippen LogP contribution in [0.25, 0.3) is 0 Å². The predicted molar refractivity (Wildman–Crippen MR) is 85.2 cm³/mol. The van der Waals surface area contributed by atoms with Gasteiger partial charge in [0.25, 0.3) is 0 Å². The minimum Gasteiger partial charge on any atom is -0.381 e. The lowest BCUT2D eigenvalue weighted by atomic mass is 10.0. The number of nitrogens with zero attached hydrogens (tertiary/aromatic N) is 1. The molecule has 0 saturated carbocycles. The van der Waals surface area contributed by atoms with E-state index in [0.717, 1.165) is 22.7 Å². The average molecular weight is 289 g/mol. The highest BCUT2D eigenvalue weighted by atomic mass is 32.1. The van der Waals surface area contributed by atoms with E-state index in [1.54, 1.807) is 11.3 Å². The van der Waals surface area contributed by atoms with E-state index < -0.39 is 6.10 Å². The Labute approximate surface area is 125 Å². The second kappa shape index (κ2) is 6.51. The number of rotatable bonds is 5. The summed E-state index contributed by atoms with van der Waals surface area (Å²) in [7, 11) is 0. The van der Waals surface area contributed by atoms with Crippen LogP contribution in [0.3, 0.4) is 0 Å². The van der Waals surface area contributed by atoms with Crippen molar-refractivity contribution in [3.63, 3.8) is 0 Å². The summed E-state index contributed by atoms with van der Waals surface area (Å²) in [4.78, 5) is 6.03. The van der Waals surface area contributed by atoms with E-state index in [2.05, 4.69) is 27.7 Å². The third kappa shape index (κ3) is 3.47. The molecule has 1 atom stereocenters. The van der Waals surface area contributed by atoms with Crippen molar-refractivity contribution in [1.29, 1.82) is 0 Å². The normalized spacial score (nSPS) is 13.2. The predicted octanol–water partition coefficient (Wildman–Crippen LogP) is 4.55. The summed E-state index contributed by atoms with van der Waals surface area (Å²) in [5, 5.41) is 11.3. The average Bonchev–Trinajstić information content (AvgIpc) is 2.82. The maximum absolute atomic E-state index is 10.5. The molecular weight excluding hydrogens is 266 g/mol. The number of hydrogen-bond donors (Lipinski definition) is 1. The lowest BCUT2D eigenvalue weighted by Gasteiger charge is -2.07. The van der Waals surface area contributed by atoms with Crippen LogP contribution < -0.4 is 0 Å². The summed E-state index contributed by atoms with van der Waals surface area (Å²) in [5.41, 5.74) is 2.07. The van der Waals surface area contributed by atoms with Gasteiger partial charge in [-0.1, -0.05) is 58.0 Å². The van der Waals surface area contributed by atoms with Crippen LogP contribution in [0.2, 0.25) is 0 Å². The molecule has 0 fully saturated rings. The van der Waals surface area contributed by atoms with Crippen molar-refractivity contribution in [2.45, 2.75) is 46.1 Å². The fourth-order valence-corrected chi connectivity index (χ4v) is 3.37. The molecule has 0 aliphatic carbocycles. The quantitative estimate of drug-likeness (QED) is 0.876. The van der Waals surface area contributed by atoms with Gasteiger partial charge in [0.2, 0.25) is 0 Å². The molecule has 2 aromatic rings. The molecule has 1 N–H and O–H groups in total. The Morgan fingerprint density at radius 2 is 1.75 bits per heavy atom. The van der Waals surface area contributed by atoms with Gasteiger partial charge in [0.1, 0.15) is 11.1 Å². The molecule has 0 bridgehead atoms. The van der Waals surface area contributed by atoms with Crippen LogP contribution in [0.5, 0.6) is 0 Å². The van der Waals surface area contributed by atoms with Crippen LogP contribution in [0.4, 0.5) is 0 Å². The topological polar surface area (TPSA) is 33.1 Å². The molecule has 1 aromatic heterocycles. The molecule has 2 rings (SSSR count). The highest BCUT2D eigenvalue weighted by Gasteiger charge is 2.20. The summed E-state index contributed by atoms with van der Waals surface area (Å²) in [6.07, 6.45) is 0.366. The first-order valence-corrected chi connectivity index (χ1v) is 8.03. The summed E-state index contributed by atoms with van der Waals surface area (Å²) in [6, 6.07) is 9.75. The van der Waals surface area contributed by atoms with Gasteiger partial charge in [0, 0.05) is 4.88 Å². The van der Waals surface area contributed by atoms with Crippen LogP contribution in [0.1, 0.15) is 60.9 Å². The zero-order valence-corrected chi connectivity index (χ0v) is 13.4. The molecule has 1 unspecified atom stereocenters. The number of aliphatic hydroxyl groups excluding tert-OH is 1. The number of thiazole rings is 1. The SMILES string of the molecule is CC(C)Cc1nc(C(O)c2ccccc2)sc1C(C)C. The van der Waals surface area contributed by atoms with Crippen molar-refractivity contribution in [2.24, 2.45) is 5.92 Å². The second-order valence-corrected chi connectivity index (χ2v) is 6.99. The van der Waals surface area contributed by atoms with E-state index in [1.807, 2.05) is 30.3 Å². The number of aromatic nitrogens is 1. The van der Waals surface area contributed by atoms with Gasteiger partial charge in [-0.05, 0) is 23.8 Å². The molecule has 0 spiro atoms. The van der Waals surface area contributed by atoms with E-state index in [4.69, 9.17) is 4.98 Å². The van der Waals surface area contributed by atoms with E-state index >= 15 is 0 Å². The van der Waals surface area contributed by atoms with Crippen molar-refractivity contribution in [2.75, 3.05) is 0 Å². The molecule has 0 radical (unpaired) electrons. The Morgan fingerprint density at radius 3 is 2.30 bits per heavy atom. The Balaban J connectivity index is 2.33. The molecule has 20 heavy (non-hydrogen) atoms. The number of benzene rings is 1. The lowest BCUT2D eigenvalue weighted by molar-refractivity contribution is 0.219. The first kappa shape index (κ1) is 15.2. The third-order valence-electron chi connectivity index (χ3n) is 3.22. The van der Waals surface area contributed by atoms with E-state index in [-0.39, 0.29) is 0 Å². The van der Waals surface area contributed by atoms with Crippen LogP contribution in [0, 0.1) is 5.92 Å². The molecule has 3 heteroatoms. The molecule has 0 aliphatic heterocycles. The van der Waals surface area contributed by atoms with Gasteiger partial charge in [-0.25, -0.2) is 4.98 Å². The lowest BCUT2D eigenvalue weighted by Crippen LogP contribution is -2.01. The smallest absolute Gasteiger partial charge is 0.131 e. The molecule has 1 aromatic carbocycles. The van der Waals surface area contributed by atoms with Crippen molar-refractivity contribution in [1.82, 2.24) is 4.98 Å². The fourth-order valence-electron chi connectivity index (χ4n) is 2.26. The molecule has 0 aliphatic rings. The van der Waals surface area contributed by atoms with Crippen molar-refractivity contribution in [3.05, 3.63) is 51.5 Å². The minimum atomic E-state index is -0.611. The van der Waals surface area contributed by atoms with Gasteiger partial charge in [-0.15, -0.1) is 11.3 Å². The van der Waals surface area contributed by atoms with Crippen LogP contribution >= 0.6 is 11.3 Å². The van der Waals surface area contributed by atoms with Gasteiger partial charge in [-0.2, -0.15) is 0 Å². The molecule has 1 heterocycles. The van der Waals surface area contributed by atoms with Gasteiger partial charge in [0.05, 0.1) is 5.69 Å². The maximum atomic E-state index is 10.5. The molecule has 0 saturated heterocycles. The van der Waals surface area contributed by atoms with Crippen molar-refractivity contribution < 1.29 is 5.11 Å².